The molecule has 1 heterocycles. The summed E-state index contributed by atoms with van der Waals surface area (Å²) in [5.41, 5.74) is 0. The Morgan fingerprint density at radius 1 is 0.366 bits per heavy atom. The molecule has 0 bridgehead atoms. The van der Waals surface area contributed by atoms with Gasteiger partial charge in [-0.05, 0) is 19.3 Å². The summed E-state index contributed by atoms with van der Waals surface area (Å²) in [6, 6.07) is 0. The molecule has 2 heteroatoms. The lowest BCUT2D eigenvalue weighted by Gasteiger charge is -2.30. The van der Waals surface area contributed by atoms with E-state index < -0.39 is 0 Å². The average Bonchev–Trinajstić information content (AvgIpc) is 3.33. The Bertz CT molecular complexity index is 530. The zero-order valence-corrected chi connectivity index (χ0v) is 29.0. The van der Waals surface area contributed by atoms with Gasteiger partial charge in [0.05, 0.1) is 0 Å². The van der Waals surface area contributed by atoms with Crippen molar-refractivity contribution in [1.82, 2.24) is 9.80 Å². The van der Waals surface area contributed by atoms with Gasteiger partial charge in [0, 0.05) is 26.0 Å². The highest BCUT2D eigenvalue weighted by atomic mass is 15.4. The van der Waals surface area contributed by atoms with Crippen LogP contribution in [0.15, 0.2) is 12.4 Å². The number of unbranched alkanes of at least 4 members (excludes halogenated alkanes) is 29. The Hall–Kier alpha value is -0.660. The van der Waals surface area contributed by atoms with Crippen LogP contribution >= 0.6 is 0 Å². The Morgan fingerprint density at radius 2 is 0.659 bits per heavy atom. The van der Waals surface area contributed by atoms with Crippen molar-refractivity contribution in [2.45, 2.75) is 225 Å². The van der Waals surface area contributed by atoms with Crippen LogP contribution < -0.4 is 0 Å². The second-order valence-electron chi connectivity index (χ2n) is 13.7. The highest BCUT2D eigenvalue weighted by Gasteiger charge is 2.22. The van der Waals surface area contributed by atoms with Crippen LogP contribution in [0.1, 0.15) is 219 Å². The van der Waals surface area contributed by atoms with Crippen molar-refractivity contribution in [2.75, 3.05) is 13.6 Å². The minimum Gasteiger partial charge on any atom is -0.359 e. The van der Waals surface area contributed by atoms with E-state index in [0.29, 0.717) is 6.17 Å². The molecule has 0 aromatic carbocycles. The lowest BCUT2D eigenvalue weighted by atomic mass is 10.0. The van der Waals surface area contributed by atoms with E-state index >= 15 is 0 Å². The molecule has 244 valence electrons. The van der Waals surface area contributed by atoms with E-state index in [1.54, 1.807) is 0 Å². The van der Waals surface area contributed by atoms with Crippen LogP contribution in [0.2, 0.25) is 0 Å². The van der Waals surface area contributed by atoms with Gasteiger partial charge < -0.3 is 9.80 Å². The molecule has 0 spiro atoms. The predicted molar refractivity (Wildman–Crippen MR) is 186 cm³/mol. The lowest BCUT2D eigenvalue weighted by Crippen LogP contribution is -2.37. The summed E-state index contributed by atoms with van der Waals surface area (Å²) in [6.45, 7) is 5.87. The number of hydrogen-bond acceptors (Lipinski definition) is 2. The van der Waals surface area contributed by atoms with Gasteiger partial charge in [0.25, 0.3) is 0 Å². The van der Waals surface area contributed by atoms with Crippen molar-refractivity contribution in [2.24, 2.45) is 0 Å². The summed E-state index contributed by atoms with van der Waals surface area (Å²) in [7, 11) is 2.28. The predicted octanol–water partition coefficient (Wildman–Crippen LogP) is 13.6. The molecule has 1 atom stereocenters. The first kappa shape index (κ1) is 38.4. The first-order valence-electron chi connectivity index (χ1n) is 19.5. The zero-order chi connectivity index (χ0) is 29.5. The second-order valence-corrected chi connectivity index (χ2v) is 13.7. The van der Waals surface area contributed by atoms with Crippen LogP contribution in [0.3, 0.4) is 0 Å². The molecule has 1 unspecified atom stereocenters. The molecule has 1 aliphatic rings. The Balaban J connectivity index is 1.85. The summed E-state index contributed by atoms with van der Waals surface area (Å²) in [4.78, 5) is 5.09. The monoisotopic (exact) mass is 575 g/mol. The molecule has 1 aliphatic heterocycles. The molecule has 0 saturated heterocycles. The summed E-state index contributed by atoms with van der Waals surface area (Å²) in [5.74, 6) is 0. The molecule has 0 saturated carbocycles. The van der Waals surface area contributed by atoms with Gasteiger partial charge in [-0.15, -0.1) is 0 Å². The summed E-state index contributed by atoms with van der Waals surface area (Å²) >= 11 is 0. The first-order chi connectivity index (χ1) is 20.3. The van der Waals surface area contributed by atoms with Crippen molar-refractivity contribution in [3.63, 3.8) is 0 Å². The van der Waals surface area contributed by atoms with E-state index in [1.165, 1.54) is 212 Å². The SMILES string of the molecule is CCCCCCCCCCCCCCCCCCN1C=CN(C)C1CCCCCCCCCCCCCCCCC. The molecule has 0 fully saturated rings. The number of hydrogen-bond donors (Lipinski definition) is 0. The molecule has 0 aromatic rings. The van der Waals surface area contributed by atoms with Crippen LogP contribution in [0.5, 0.6) is 0 Å². The number of rotatable bonds is 33. The summed E-state index contributed by atoms with van der Waals surface area (Å²) in [6.07, 6.45) is 51.6. The fourth-order valence-corrected chi connectivity index (χ4v) is 6.76. The maximum Gasteiger partial charge on any atom is 0.100 e. The lowest BCUT2D eigenvalue weighted by molar-refractivity contribution is 0.159. The highest BCUT2D eigenvalue weighted by Crippen LogP contribution is 2.22. The first-order valence-corrected chi connectivity index (χ1v) is 19.5. The topological polar surface area (TPSA) is 6.48 Å². The number of nitrogens with zero attached hydrogens (tertiary/aromatic N) is 2. The van der Waals surface area contributed by atoms with Crippen LogP contribution in [0.4, 0.5) is 0 Å². The van der Waals surface area contributed by atoms with E-state index in [0.717, 1.165) is 0 Å². The molecule has 41 heavy (non-hydrogen) atoms. The van der Waals surface area contributed by atoms with Crippen LogP contribution in [0.25, 0.3) is 0 Å². The second kappa shape index (κ2) is 30.8. The van der Waals surface area contributed by atoms with Crippen LogP contribution in [0, 0.1) is 0 Å². The molecular formula is C39H78N2. The molecule has 1 rings (SSSR count). The minimum absolute atomic E-state index is 0.619. The van der Waals surface area contributed by atoms with E-state index in [2.05, 4.69) is 43.1 Å². The molecule has 0 aromatic heterocycles. The third kappa shape index (κ3) is 24.5. The Kier molecular flexibility index (Phi) is 28.8. The van der Waals surface area contributed by atoms with Crippen molar-refractivity contribution >= 4 is 0 Å². The molecule has 0 radical (unpaired) electrons. The van der Waals surface area contributed by atoms with Gasteiger partial charge in [0.1, 0.15) is 6.17 Å². The Labute approximate surface area is 260 Å². The highest BCUT2D eigenvalue weighted by molar-refractivity contribution is 4.95. The van der Waals surface area contributed by atoms with Gasteiger partial charge in [0.2, 0.25) is 0 Å². The van der Waals surface area contributed by atoms with Gasteiger partial charge in [-0.25, -0.2) is 0 Å². The largest absolute Gasteiger partial charge is 0.359 e. The van der Waals surface area contributed by atoms with E-state index in [9.17, 15) is 0 Å². The van der Waals surface area contributed by atoms with E-state index in [4.69, 9.17) is 0 Å². The van der Waals surface area contributed by atoms with Crippen LogP contribution in [-0.2, 0) is 0 Å². The maximum atomic E-state index is 2.63. The normalized spacial score (nSPS) is 15.0. The molecule has 0 amide bonds. The standard InChI is InChI=1S/C39H78N2/c1-4-6-8-10-12-14-16-18-20-22-24-26-28-30-32-34-36-41-38-37-40(3)39(41)35-33-31-29-27-25-23-21-19-17-15-13-11-9-7-5-2/h37-39H,4-36H2,1-3H3. The van der Waals surface area contributed by atoms with Gasteiger partial charge in [0.15, 0.2) is 0 Å². The van der Waals surface area contributed by atoms with Crippen molar-refractivity contribution in [3.05, 3.63) is 12.4 Å². The maximum absolute atomic E-state index is 2.63. The van der Waals surface area contributed by atoms with Gasteiger partial charge in [-0.1, -0.05) is 200 Å². The van der Waals surface area contributed by atoms with Crippen molar-refractivity contribution in [3.8, 4) is 0 Å². The molecule has 0 N–H and O–H groups in total. The molecule has 0 aliphatic carbocycles. The molecule has 2 nitrogen and oxygen atoms in total. The van der Waals surface area contributed by atoms with Gasteiger partial charge in [-0.2, -0.15) is 0 Å². The fourth-order valence-electron chi connectivity index (χ4n) is 6.76. The van der Waals surface area contributed by atoms with Gasteiger partial charge >= 0.3 is 0 Å². The third-order valence-corrected chi connectivity index (χ3v) is 9.68. The third-order valence-electron chi connectivity index (χ3n) is 9.68. The van der Waals surface area contributed by atoms with Crippen LogP contribution in [-0.4, -0.2) is 29.6 Å². The Morgan fingerprint density at radius 3 is 1.00 bits per heavy atom. The zero-order valence-electron chi connectivity index (χ0n) is 29.0. The average molecular weight is 575 g/mol. The quantitative estimate of drug-likeness (QED) is 0.0719. The summed E-state index contributed by atoms with van der Waals surface area (Å²) in [5, 5.41) is 0. The van der Waals surface area contributed by atoms with Crippen molar-refractivity contribution < 1.29 is 0 Å². The van der Waals surface area contributed by atoms with E-state index in [-0.39, 0.29) is 0 Å². The fraction of sp³-hybridized carbons (Fsp3) is 0.949. The van der Waals surface area contributed by atoms with Gasteiger partial charge in [-0.3, -0.25) is 0 Å². The molecular weight excluding hydrogens is 496 g/mol. The minimum atomic E-state index is 0.619. The smallest absolute Gasteiger partial charge is 0.100 e. The van der Waals surface area contributed by atoms with E-state index in [1.807, 2.05) is 0 Å². The van der Waals surface area contributed by atoms with Crippen molar-refractivity contribution in [1.29, 1.82) is 0 Å². The summed E-state index contributed by atoms with van der Waals surface area (Å²) < 4.78 is 0.